The number of rotatable bonds is 3. The largest absolute Gasteiger partial charge is 0.399 e. The lowest BCUT2D eigenvalue weighted by Gasteiger charge is -2.11. The fourth-order valence-electron chi connectivity index (χ4n) is 1.78. The van der Waals surface area contributed by atoms with Crippen LogP contribution in [0.1, 0.15) is 5.56 Å². The molecular weight excluding hydrogens is 220 g/mol. The fraction of sp³-hybridized carbons (Fsp3) is 0.167. The summed E-state index contributed by atoms with van der Waals surface area (Å²) < 4.78 is 0. The lowest BCUT2D eigenvalue weighted by atomic mass is 9.97. The first-order valence-electron chi connectivity index (χ1n) is 5.03. The molecular formula is C12H14N2OS. The number of hydrogen-bond acceptors (Lipinski definition) is 4. The van der Waals surface area contributed by atoms with E-state index in [2.05, 4.69) is 5.38 Å². The molecule has 1 heterocycles. The molecule has 1 aromatic carbocycles. The third kappa shape index (κ3) is 2.03. The molecule has 4 heteroatoms. The Morgan fingerprint density at radius 1 is 1.25 bits per heavy atom. The van der Waals surface area contributed by atoms with Crippen molar-refractivity contribution in [3.05, 3.63) is 34.5 Å². The topological polar surface area (TPSA) is 72.3 Å². The van der Waals surface area contributed by atoms with Gasteiger partial charge in [0, 0.05) is 18.0 Å². The SMILES string of the molecule is Nc1cc(N)c(CCO)c(-c2ccsc2)c1. The molecule has 2 aromatic rings. The molecule has 0 aliphatic heterocycles. The van der Waals surface area contributed by atoms with Gasteiger partial charge in [0.25, 0.3) is 0 Å². The summed E-state index contributed by atoms with van der Waals surface area (Å²) in [5.74, 6) is 0. The first-order valence-corrected chi connectivity index (χ1v) is 5.98. The maximum atomic E-state index is 9.05. The quantitative estimate of drug-likeness (QED) is 0.712. The average molecular weight is 234 g/mol. The molecule has 3 nitrogen and oxygen atoms in total. The zero-order chi connectivity index (χ0) is 11.5. The van der Waals surface area contributed by atoms with Crippen LogP contribution in [0.25, 0.3) is 11.1 Å². The van der Waals surface area contributed by atoms with Crippen LogP contribution in [0.5, 0.6) is 0 Å². The van der Waals surface area contributed by atoms with E-state index < -0.39 is 0 Å². The first kappa shape index (κ1) is 11.0. The van der Waals surface area contributed by atoms with Gasteiger partial charge in [-0.1, -0.05) is 0 Å². The molecule has 0 aliphatic carbocycles. The van der Waals surface area contributed by atoms with E-state index in [0.717, 1.165) is 16.7 Å². The van der Waals surface area contributed by atoms with Crippen LogP contribution in [0.15, 0.2) is 29.0 Å². The fourth-order valence-corrected chi connectivity index (χ4v) is 2.44. The Morgan fingerprint density at radius 2 is 2.06 bits per heavy atom. The summed E-state index contributed by atoms with van der Waals surface area (Å²) in [6.07, 6.45) is 0.553. The second kappa shape index (κ2) is 4.55. The minimum absolute atomic E-state index is 0.0885. The first-order chi connectivity index (χ1) is 7.72. The molecule has 0 spiro atoms. The standard InChI is InChI=1S/C12H14N2OS/c13-9-5-11(8-2-4-16-7-8)10(1-3-15)12(14)6-9/h2,4-7,15H,1,3,13-14H2. The van der Waals surface area contributed by atoms with Crippen LogP contribution in [0.3, 0.4) is 0 Å². The zero-order valence-corrected chi connectivity index (χ0v) is 9.63. The Labute approximate surface area is 98.3 Å². The third-order valence-electron chi connectivity index (χ3n) is 2.50. The van der Waals surface area contributed by atoms with Gasteiger partial charge in [0.1, 0.15) is 0 Å². The maximum Gasteiger partial charge on any atom is 0.0472 e. The monoisotopic (exact) mass is 234 g/mol. The molecule has 0 bridgehead atoms. The highest BCUT2D eigenvalue weighted by atomic mass is 32.1. The van der Waals surface area contributed by atoms with Crippen LogP contribution in [-0.2, 0) is 6.42 Å². The number of nitrogen functional groups attached to an aromatic ring is 2. The number of aliphatic hydroxyl groups excluding tert-OH is 1. The molecule has 0 amide bonds. The molecule has 0 atom stereocenters. The Hall–Kier alpha value is -1.52. The molecule has 0 saturated heterocycles. The van der Waals surface area contributed by atoms with E-state index in [1.807, 2.05) is 17.5 Å². The Balaban J connectivity index is 2.57. The summed E-state index contributed by atoms with van der Waals surface area (Å²) in [6.45, 7) is 0.0885. The lowest BCUT2D eigenvalue weighted by molar-refractivity contribution is 0.300. The maximum absolute atomic E-state index is 9.05. The van der Waals surface area contributed by atoms with Crippen molar-refractivity contribution < 1.29 is 5.11 Å². The molecule has 0 aliphatic rings. The Kier molecular flexibility index (Phi) is 3.12. The van der Waals surface area contributed by atoms with Gasteiger partial charge in [0.2, 0.25) is 0 Å². The number of benzene rings is 1. The molecule has 5 N–H and O–H groups in total. The van der Waals surface area contributed by atoms with Gasteiger partial charge < -0.3 is 16.6 Å². The van der Waals surface area contributed by atoms with E-state index in [-0.39, 0.29) is 6.61 Å². The molecule has 0 fully saturated rings. The van der Waals surface area contributed by atoms with Gasteiger partial charge in [0.05, 0.1) is 0 Å². The lowest BCUT2D eigenvalue weighted by Crippen LogP contribution is -2.02. The smallest absolute Gasteiger partial charge is 0.0472 e. The van der Waals surface area contributed by atoms with Crippen molar-refractivity contribution in [3.8, 4) is 11.1 Å². The molecule has 84 valence electrons. The van der Waals surface area contributed by atoms with Crippen molar-refractivity contribution in [2.75, 3.05) is 18.1 Å². The van der Waals surface area contributed by atoms with E-state index >= 15 is 0 Å². The number of thiophene rings is 1. The van der Waals surface area contributed by atoms with Gasteiger partial charge in [0.15, 0.2) is 0 Å². The van der Waals surface area contributed by atoms with Crippen molar-refractivity contribution in [3.63, 3.8) is 0 Å². The number of hydrogen-bond donors (Lipinski definition) is 3. The number of anilines is 2. The van der Waals surface area contributed by atoms with Gasteiger partial charge in [-0.15, -0.1) is 0 Å². The van der Waals surface area contributed by atoms with Crippen LogP contribution in [0, 0.1) is 0 Å². The molecule has 0 saturated carbocycles. The molecule has 0 unspecified atom stereocenters. The Morgan fingerprint density at radius 3 is 2.69 bits per heavy atom. The van der Waals surface area contributed by atoms with Crippen LogP contribution in [0.2, 0.25) is 0 Å². The second-order valence-electron chi connectivity index (χ2n) is 3.62. The van der Waals surface area contributed by atoms with Crippen LogP contribution in [-0.4, -0.2) is 11.7 Å². The minimum atomic E-state index is 0.0885. The highest BCUT2D eigenvalue weighted by Gasteiger charge is 2.09. The summed E-state index contributed by atoms with van der Waals surface area (Å²) in [4.78, 5) is 0. The van der Waals surface area contributed by atoms with E-state index in [1.165, 1.54) is 0 Å². The van der Waals surface area contributed by atoms with Crippen LogP contribution in [0.4, 0.5) is 11.4 Å². The summed E-state index contributed by atoms with van der Waals surface area (Å²) in [6, 6.07) is 5.67. The third-order valence-corrected chi connectivity index (χ3v) is 3.18. The minimum Gasteiger partial charge on any atom is -0.399 e. The summed E-state index contributed by atoms with van der Waals surface area (Å²) in [5, 5.41) is 13.1. The van der Waals surface area contributed by atoms with E-state index in [9.17, 15) is 0 Å². The predicted molar refractivity (Wildman–Crippen MR) is 69.4 cm³/mol. The zero-order valence-electron chi connectivity index (χ0n) is 8.81. The van der Waals surface area contributed by atoms with Crippen molar-refractivity contribution in [1.29, 1.82) is 0 Å². The van der Waals surface area contributed by atoms with E-state index in [4.69, 9.17) is 16.6 Å². The summed E-state index contributed by atoms with van der Waals surface area (Å²) >= 11 is 1.63. The number of nitrogens with two attached hydrogens (primary N) is 2. The van der Waals surface area contributed by atoms with Gasteiger partial charge in [-0.2, -0.15) is 11.3 Å². The van der Waals surface area contributed by atoms with Gasteiger partial charge in [-0.25, -0.2) is 0 Å². The molecule has 16 heavy (non-hydrogen) atoms. The van der Waals surface area contributed by atoms with Crippen molar-refractivity contribution in [1.82, 2.24) is 0 Å². The summed E-state index contributed by atoms with van der Waals surface area (Å²) in [7, 11) is 0. The van der Waals surface area contributed by atoms with Gasteiger partial charge in [-0.05, 0) is 52.1 Å². The van der Waals surface area contributed by atoms with Crippen LogP contribution >= 0.6 is 11.3 Å². The average Bonchev–Trinajstić information content (AvgIpc) is 2.75. The molecule has 0 radical (unpaired) electrons. The predicted octanol–water partition coefficient (Wildman–Crippen LogP) is 2.11. The van der Waals surface area contributed by atoms with Gasteiger partial charge in [-0.3, -0.25) is 0 Å². The van der Waals surface area contributed by atoms with Crippen molar-refractivity contribution in [2.24, 2.45) is 0 Å². The molecule has 1 aromatic heterocycles. The Bertz CT molecular complexity index is 480. The van der Waals surface area contributed by atoms with Gasteiger partial charge >= 0.3 is 0 Å². The van der Waals surface area contributed by atoms with Crippen molar-refractivity contribution >= 4 is 22.7 Å². The summed E-state index contributed by atoms with van der Waals surface area (Å²) in [5.41, 5.74) is 16.1. The molecule has 2 rings (SSSR count). The highest BCUT2D eigenvalue weighted by Crippen LogP contribution is 2.32. The van der Waals surface area contributed by atoms with E-state index in [1.54, 1.807) is 17.4 Å². The second-order valence-corrected chi connectivity index (χ2v) is 4.40. The highest BCUT2D eigenvalue weighted by molar-refractivity contribution is 7.08. The van der Waals surface area contributed by atoms with Crippen LogP contribution < -0.4 is 11.5 Å². The normalized spacial score (nSPS) is 10.6. The van der Waals surface area contributed by atoms with E-state index in [0.29, 0.717) is 17.8 Å². The number of aliphatic hydroxyl groups is 1. The van der Waals surface area contributed by atoms with Crippen molar-refractivity contribution in [2.45, 2.75) is 6.42 Å².